The van der Waals surface area contributed by atoms with Crippen LogP contribution in [0.15, 0.2) is 52.4 Å². The van der Waals surface area contributed by atoms with Gasteiger partial charge in [-0.3, -0.25) is 9.36 Å². The number of halogens is 1. The van der Waals surface area contributed by atoms with E-state index in [4.69, 9.17) is 11.6 Å². The topological polar surface area (TPSA) is 47.2 Å². The van der Waals surface area contributed by atoms with Crippen LogP contribution in [0, 0.1) is 0 Å². The minimum Gasteiger partial charge on any atom is -0.284 e. The number of fused-ring (bicyclic) bond motifs is 1. The lowest BCUT2D eigenvalue weighted by Crippen LogP contribution is -2.31. The molecule has 2 heterocycles. The maximum atomic E-state index is 12.6. The highest BCUT2D eigenvalue weighted by Gasteiger charge is 2.07. The van der Waals surface area contributed by atoms with Gasteiger partial charge in [0.15, 0.2) is 4.80 Å². The van der Waals surface area contributed by atoms with Crippen molar-refractivity contribution < 1.29 is 0 Å². The average molecular weight is 332 g/mol. The lowest BCUT2D eigenvalue weighted by Gasteiger charge is -2.06. The molecule has 22 heavy (non-hydrogen) atoms. The number of hydrogen-bond acceptors (Lipinski definition) is 4. The molecule has 2 aromatic heterocycles. The second-order valence-electron chi connectivity index (χ2n) is 4.79. The van der Waals surface area contributed by atoms with E-state index in [0.29, 0.717) is 26.6 Å². The lowest BCUT2D eigenvalue weighted by atomic mass is 10.3. The van der Waals surface area contributed by atoms with Crippen molar-refractivity contribution in [2.75, 3.05) is 0 Å². The zero-order valence-electron chi connectivity index (χ0n) is 12.0. The van der Waals surface area contributed by atoms with Crippen LogP contribution in [0.5, 0.6) is 0 Å². The number of rotatable bonds is 3. The van der Waals surface area contributed by atoms with E-state index in [0.717, 1.165) is 12.1 Å². The average Bonchev–Trinajstić information content (AvgIpc) is 2.53. The molecule has 0 amide bonds. The van der Waals surface area contributed by atoms with Gasteiger partial charge in [-0.15, -0.1) is 0 Å². The highest BCUT2D eigenvalue weighted by Crippen LogP contribution is 2.16. The van der Waals surface area contributed by atoms with Crippen molar-refractivity contribution in [1.82, 2.24) is 9.55 Å². The zero-order chi connectivity index (χ0) is 15.5. The maximum absolute atomic E-state index is 12.6. The van der Waals surface area contributed by atoms with Gasteiger partial charge in [0, 0.05) is 17.8 Å². The summed E-state index contributed by atoms with van der Waals surface area (Å²) >= 11 is 7.31. The summed E-state index contributed by atoms with van der Waals surface area (Å²) in [5, 5.41) is 1.30. The fourth-order valence-electron chi connectivity index (χ4n) is 2.14. The second-order valence-corrected chi connectivity index (χ2v) is 6.18. The number of hydrogen-bond donors (Lipinski definition) is 0. The molecule has 0 unspecified atom stereocenters. The van der Waals surface area contributed by atoms with Crippen LogP contribution in [0.4, 0.5) is 5.69 Å². The molecule has 3 rings (SSSR count). The number of pyridine rings is 1. The summed E-state index contributed by atoms with van der Waals surface area (Å²) in [6, 6.07) is 10.8. The van der Waals surface area contributed by atoms with Crippen molar-refractivity contribution in [3.8, 4) is 0 Å². The van der Waals surface area contributed by atoms with Crippen molar-refractivity contribution in [2.45, 2.75) is 19.9 Å². The van der Waals surface area contributed by atoms with Crippen LogP contribution >= 0.6 is 22.9 Å². The van der Waals surface area contributed by atoms with Gasteiger partial charge >= 0.3 is 0 Å². The first kappa shape index (κ1) is 14.9. The number of nitrogens with zero attached hydrogens (tertiary/aromatic N) is 3. The molecule has 0 aliphatic rings. The Morgan fingerprint density at radius 2 is 2.05 bits per heavy atom. The van der Waals surface area contributed by atoms with Crippen LogP contribution in [0.25, 0.3) is 10.2 Å². The van der Waals surface area contributed by atoms with Gasteiger partial charge in [-0.1, -0.05) is 29.9 Å². The van der Waals surface area contributed by atoms with Gasteiger partial charge in [0.25, 0.3) is 5.56 Å². The fourth-order valence-corrected chi connectivity index (χ4v) is 3.25. The minimum atomic E-state index is -0.0450. The molecule has 0 saturated carbocycles. The Labute approximate surface area is 136 Å². The Morgan fingerprint density at radius 1 is 1.27 bits per heavy atom. The molecule has 1 aromatic carbocycles. The normalized spacial score (nSPS) is 12.0. The predicted molar refractivity (Wildman–Crippen MR) is 90.8 cm³/mol. The Balaban J connectivity index is 2.29. The molecule has 0 atom stereocenters. The minimum absolute atomic E-state index is 0.0450. The third kappa shape index (κ3) is 2.96. The summed E-state index contributed by atoms with van der Waals surface area (Å²) in [7, 11) is 0. The molecule has 0 aliphatic carbocycles. The van der Waals surface area contributed by atoms with Crippen molar-refractivity contribution in [3.05, 3.63) is 62.8 Å². The van der Waals surface area contributed by atoms with Crippen LogP contribution in [0.3, 0.4) is 0 Å². The Hall–Kier alpha value is -1.98. The van der Waals surface area contributed by atoms with E-state index in [-0.39, 0.29) is 5.56 Å². The summed E-state index contributed by atoms with van der Waals surface area (Å²) < 4.78 is 1.71. The molecule has 0 bridgehead atoms. The van der Waals surface area contributed by atoms with E-state index in [2.05, 4.69) is 9.98 Å². The Bertz CT molecular complexity index is 929. The monoisotopic (exact) mass is 331 g/mol. The first-order chi connectivity index (χ1) is 10.7. The first-order valence-corrected chi connectivity index (χ1v) is 8.17. The quantitative estimate of drug-likeness (QED) is 0.733. The van der Waals surface area contributed by atoms with E-state index >= 15 is 0 Å². The van der Waals surface area contributed by atoms with Crippen LogP contribution < -0.4 is 10.4 Å². The summed E-state index contributed by atoms with van der Waals surface area (Å²) in [5.41, 5.74) is 0.719. The highest BCUT2D eigenvalue weighted by molar-refractivity contribution is 7.15. The van der Waals surface area contributed by atoms with Gasteiger partial charge in [0.05, 0.1) is 11.1 Å². The molecule has 0 spiro atoms. The number of benzene rings is 1. The highest BCUT2D eigenvalue weighted by atomic mass is 35.5. The van der Waals surface area contributed by atoms with Crippen molar-refractivity contribution in [2.24, 2.45) is 4.99 Å². The third-order valence-corrected chi connectivity index (χ3v) is 4.43. The molecule has 6 heteroatoms. The van der Waals surface area contributed by atoms with Crippen LogP contribution in [0.2, 0.25) is 5.02 Å². The zero-order valence-corrected chi connectivity index (χ0v) is 13.6. The Kier molecular flexibility index (Phi) is 4.36. The van der Waals surface area contributed by atoms with Crippen LogP contribution in [-0.2, 0) is 6.54 Å². The summed E-state index contributed by atoms with van der Waals surface area (Å²) in [6.45, 7) is 2.67. The van der Waals surface area contributed by atoms with Gasteiger partial charge in [0.1, 0.15) is 4.83 Å². The summed E-state index contributed by atoms with van der Waals surface area (Å²) in [5.74, 6) is 0. The molecule has 0 radical (unpaired) electrons. The maximum Gasteiger partial charge on any atom is 0.263 e. The van der Waals surface area contributed by atoms with E-state index in [9.17, 15) is 4.79 Å². The standard InChI is InChI=1S/C16H14ClN3OS/c1-2-10-20-15(21)13-4-3-9-18-14(13)22-16(20)19-12-7-5-11(17)6-8-12/h3-9H,2,10H2,1H3/b19-16-. The Morgan fingerprint density at radius 3 is 2.77 bits per heavy atom. The van der Waals surface area contributed by atoms with Crippen LogP contribution in [0.1, 0.15) is 13.3 Å². The number of aromatic nitrogens is 2. The molecule has 4 nitrogen and oxygen atoms in total. The largest absolute Gasteiger partial charge is 0.284 e. The molecule has 0 saturated heterocycles. The fraction of sp³-hybridized carbons (Fsp3) is 0.188. The first-order valence-electron chi connectivity index (χ1n) is 6.98. The summed E-state index contributed by atoms with van der Waals surface area (Å²) in [4.78, 5) is 22.9. The molecular weight excluding hydrogens is 318 g/mol. The van der Waals surface area contributed by atoms with Crippen molar-refractivity contribution in [3.63, 3.8) is 0 Å². The van der Waals surface area contributed by atoms with Gasteiger partial charge in [-0.2, -0.15) is 0 Å². The summed E-state index contributed by atoms with van der Waals surface area (Å²) in [6.07, 6.45) is 2.55. The molecule has 3 aromatic rings. The molecule has 0 fully saturated rings. The molecular formula is C16H14ClN3OS. The molecule has 0 aliphatic heterocycles. The smallest absolute Gasteiger partial charge is 0.263 e. The van der Waals surface area contributed by atoms with E-state index in [1.165, 1.54) is 11.3 Å². The van der Waals surface area contributed by atoms with Crippen LogP contribution in [-0.4, -0.2) is 9.55 Å². The lowest BCUT2D eigenvalue weighted by molar-refractivity contribution is 0.640. The third-order valence-electron chi connectivity index (χ3n) is 3.16. The van der Waals surface area contributed by atoms with Gasteiger partial charge in [0.2, 0.25) is 0 Å². The van der Waals surface area contributed by atoms with E-state index in [1.54, 1.807) is 35.0 Å². The van der Waals surface area contributed by atoms with Gasteiger partial charge in [-0.25, -0.2) is 9.98 Å². The molecule has 0 N–H and O–H groups in total. The molecule has 112 valence electrons. The van der Waals surface area contributed by atoms with Gasteiger partial charge < -0.3 is 0 Å². The van der Waals surface area contributed by atoms with Gasteiger partial charge in [-0.05, 0) is 42.8 Å². The SMILES string of the molecule is CCCn1c(=O)c2cccnc2s/c1=N\c1ccc(Cl)cc1. The van der Waals surface area contributed by atoms with Crippen molar-refractivity contribution in [1.29, 1.82) is 0 Å². The van der Waals surface area contributed by atoms with Crippen molar-refractivity contribution >= 4 is 38.8 Å². The van der Waals surface area contributed by atoms with E-state index in [1.807, 2.05) is 19.1 Å². The predicted octanol–water partition coefficient (Wildman–Crippen LogP) is 3.75. The van der Waals surface area contributed by atoms with E-state index < -0.39 is 0 Å². The second kappa shape index (κ2) is 6.42.